The summed E-state index contributed by atoms with van der Waals surface area (Å²) in [5, 5.41) is 9.67. The number of amides is 1. The van der Waals surface area contributed by atoms with E-state index in [0.29, 0.717) is 6.54 Å². The Balaban J connectivity index is 2.17. The standard InChI is InChI=1S/C15H21NO2/c1-15(2,12-7-4-3-5-8-12)14(18)16-10-6-9-13(17)11-16/h3-5,7-8,13,17H,6,9-11H2,1-2H3. The van der Waals surface area contributed by atoms with Gasteiger partial charge in [-0.25, -0.2) is 0 Å². The molecule has 1 aromatic rings. The molecule has 3 nitrogen and oxygen atoms in total. The number of aliphatic hydroxyl groups is 1. The van der Waals surface area contributed by atoms with Gasteiger partial charge < -0.3 is 10.0 Å². The van der Waals surface area contributed by atoms with Crippen LogP contribution in [0.15, 0.2) is 30.3 Å². The molecule has 2 rings (SSSR count). The fourth-order valence-corrected chi connectivity index (χ4v) is 2.51. The van der Waals surface area contributed by atoms with E-state index in [2.05, 4.69) is 0 Å². The molecular formula is C15H21NO2. The minimum Gasteiger partial charge on any atom is -0.391 e. The molecule has 0 aliphatic carbocycles. The first-order valence-electron chi connectivity index (χ1n) is 6.55. The summed E-state index contributed by atoms with van der Waals surface area (Å²) in [7, 11) is 0. The molecule has 0 spiro atoms. The number of aliphatic hydroxyl groups excluding tert-OH is 1. The Bertz CT molecular complexity index is 414. The lowest BCUT2D eigenvalue weighted by molar-refractivity contribution is -0.139. The number of piperidine rings is 1. The van der Waals surface area contributed by atoms with E-state index < -0.39 is 5.41 Å². The normalized spacial score (nSPS) is 20.8. The van der Waals surface area contributed by atoms with E-state index in [0.717, 1.165) is 24.9 Å². The second kappa shape index (κ2) is 5.11. The largest absolute Gasteiger partial charge is 0.391 e. The summed E-state index contributed by atoms with van der Waals surface area (Å²) in [6, 6.07) is 9.83. The van der Waals surface area contributed by atoms with Gasteiger partial charge in [0.25, 0.3) is 0 Å². The molecule has 0 saturated carbocycles. The number of hydrogen-bond acceptors (Lipinski definition) is 2. The Morgan fingerprint density at radius 2 is 2.00 bits per heavy atom. The second-order valence-electron chi connectivity index (χ2n) is 5.54. The predicted molar refractivity (Wildman–Crippen MR) is 71.3 cm³/mol. The Morgan fingerprint density at radius 1 is 1.33 bits per heavy atom. The highest BCUT2D eigenvalue weighted by Crippen LogP contribution is 2.27. The minimum atomic E-state index is -0.529. The van der Waals surface area contributed by atoms with Gasteiger partial charge in [-0.3, -0.25) is 4.79 Å². The molecule has 0 radical (unpaired) electrons. The molecular weight excluding hydrogens is 226 g/mol. The van der Waals surface area contributed by atoms with E-state index in [-0.39, 0.29) is 12.0 Å². The maximum Gasteiger partial charge on any atom is 0.232 e. The number of rotatable bonds is 2. The first-order chi connectivity index (χ1) is 8.51. The molecule has 3 heteroatoms. The molecule has 1 fully saturated rings. The molecule has 0 bridgehead atoms. The number of benzene rings is 1. The molecule has 0 aromatic heterocycles. The molecule has 1 aliphatic heterocycles. The third-order valence-corrected chi connectivity index (χ3v) is 3.71. The Labute approximate surface area is 108 Å². The maximum absolute atomic E-state index is 12.6. The predicted octanol–water partition coefficient (Wildman–Crippen LogP) is 1.95. The van der Waals surface area contributed by atoms with Crippen molar-refractivity contribution < 1.29 is 9.90 Å². The lowest BCUT2D eigenvalue weighted by atomic mass is 9.82. The van der Waals surface area contributed by atoms with Crippen molar-refractivity contribution in [3.63, 3.8) is 0 Å². The third kappa shape index (κ3) is 2.56. The summed E-state index contributed by atoms with van der Waals surface area (Å²) in [5.74, 6) is 0.104. The zero-order valence-corrected chi connectivity index (χ0v) is 11.1. The van der Waals surface area contributed by atoms with Crippen molar-refractivity contribution in [3.8, 4) is 0 Å². The Kier molecular flexibility index (Phi) is 3.71. The van der Waals surface area contributed by atoms with Gasteiger partial charge in [0.15, 0.2) is 0 Å². The van der Waals surface area contributed by atoms with Crippen LogP contribution in [0.2, 0.25) is 0 Å². The van der Waals surface area contributed by atoms with Crippen LogP contribution in [0.3, 0.4) is 0 Å². The molecule has 98 valence electrons. The van der Waals surface area contributed by atoms with Crippen molar-refractivity contribution in [3.05, 3.63) is 35.9 Å². The molecule has 1 amide bonds. The van der Waals surface area contributed by atoms with Crippen LogP contribution < -0.4 is 0 Å². The van der Waals surface area contributed by atoms with Crippen molar-refractivity contribution in [1.29, 1.82) is 0 Å². The van der Waals surface area contributed by atoms with Gasteiger partial charge in [0.1, 0.15) is 0 Å². The van der Waals surface area contributed by atoms with Crippen LogP contribution in [0.25, 0.3) is 0 Å². The number of carbonyl (C=O) groups excluding carboxylic acids is 1. The number of β-amino-alcohol motifs (C(OH)–C–C–N with tert-alkyl or cyclic N) is 1. The van der Waals surface area contributed by atoms with Crippen LogP contribution in [0.4, 0.5) is 0 Å². The van der Waals surface area contributed by atoms with Gasteiger partial charge >= 0.3 is 0 Å². The van der Waals surface area contributed by atoms with Gasteiger partial charge in [-0.15, -0.1) is 0 Å². The number of carbonyl (C=O) groups is 1. The van der Waals surface area contributed by atoms with E-state index >= 15 is 0 Å². The second-order valence-corrected chi connectivity index (χ2v) is 5.54. The van der Waals surface area contributed by atoms with E-state index in [1.54, 1.807) is 4.90 Å². The summed E-state index contributed by atoms with van der Waals surface area (Å²) in [5.41, 5.74) is 0.494. The third-order valence-electron chi connectivity index (χ3n) is 3.71. The zero-order chi connectivity index (χ0) is 13.2. The monoisotopic (exact) mass is 247 g/mol. The summed E-state index contributed by atoms with van der Waals surface area (Å²) in [4.78, 5) is 14.4. The van der Waals surface area contributed by atoms with Crippen molar-refractivity contribution >= 4 is 5.91 Å². The molecule has 1 aromatic carbocycles. The first-order valence-corrected chi connectivity index (χ1v) is 6.55. The molecule has 1 N–H and O–H groups in total. The Hall–Kier alpha value is -1.35. The summed E-state index contributed by atoms with van der Waals surface area (Å²) >= 11 is 0. The topological polar surface area (TPSA) is 40.5 Å². The smallest absolute Gasteiger partial charge is 0.232 e. The van der Waals surface area contributed by atoms with Crippen molar-refractivity contribution in [2.75, 3.05) is 13.1 Å². The average Bonchev–Trinajstić information content (AvgIpc) is 2.39. The average molecular weight is 247 g/mol. The van der Waals surface area contributed by atoms with Crippen molar-refractivity contribution in [2.24, 2.45) is 0 Å². The number of nitrogens with zero attached hydrogens (tertiary/aromatic N) is 1. The van der Waals surface area contributed by atoms with Crippen LogP contribution >= 0.6 is 0 Å². The molecule has 1 unspecified atom stereocenters. The molecule has 1 saturated heterocycles. The van der Waals surface area contributed by atoms with Crippen molar-refractivity contribution in [2.45, 2.75) is 38.2 Å². The van der Waals surface area contributed by atoms with Crippen molar-refractivity contribution in [1.82, 2.24) is 4.90 Å². The fraction of sp³-hybridized carbons (Fsp3) is 0.533. The SMILES string of the molecule is CC(C)(C(=O)N1CCCC(O)C1)c1ccccc1. The highest BCUT2D eigenvalue weighted by atomic mass is 16.3. The molecule has 18 heavy (non-hydrogen) atoms. The van der Waals surface area contributed by atoms with Gasteiger partial charge in [-0.1, -0.05) is 30.3 Å². The Morgan fingerprint density at radius 3 is 2.61 bits per heavy atom. The van der Waals surface area contributed by atoms with E-state index in [1.165, 1.54) is 0 Å². The van der Waals surface area contributed by atoms with Crippen LogP contribution in [0.1, 0.15) is 32.3 Å². The lowest BCUT2D eigenvalue weighted by Gasteiger charge is -2.36. The van der Waals surface area contributed by atoms with Crippen LogP contribution in [0.5, 0.6) is 0 Å². The van der Waals surface area contributed by atoms with Gasteiger partial charge in [0.2, 0.25) is 5.91 Å². The molecule has 1 atom stereocenters. The zero-order valence-electron chi connectivity index (χ0n) is 11.1. The summed E-state index contributed by atoms with van der Waals surface area (Å²) in [6.45, 7) is 5.12. The minimum absolute atomic E-state index is 0.104. The van der Waals surface area contributed by atoms with Gasteiger partial charge in [0, 0.05) is 13.1 Å². The molecule has 1 heterocycles. The highest BCUT2D eigenvalue weighted by molar-refractivity contribution is 5.87. The highest BCUT2D eigenvalue weighted by Gasteiger charge is 2.35. The van der Waals surface area contributed by atoms with Gasteiger partial charge in [0.05, 0.1) is 11.5 Å². The summed E-state index contributed by atoms with van der Waals surface area (Å²) < 4.78 is 0. The number of hydrogen-bond donors (Lipinski definition) is 1. The van der Waals surface area contributed by atoms with Crippen LogP contribution in [0, 0.1) is 0 Å². The van der Waals surface area contributed by atoms with E-state index in [9.17, 15) is 9.90 Å². The van der Waals surface area contributed by atoms with Gasteiger partial charge in [-0.2, -0.15) is 0 Å². The maximum atomic E-state index is 12.6. The van der Waals surface area contributed by atoms with Crippen LogP contribution in [-0.2, 0) is 10.2 Å². The van der Waals surface area contributed by atoms with Gasteiger partial charge in [-0.05, 0) is 32.3 Å². The fourth-order valence-electron chi connectivity index (χ4n) is 2.51. The quantitative estimate of drug-likeness (QED) is 0.867. The summed E-state index contributed by atoms with van der Waals surface area (Å²) in [6.07, 6.45) is 1.32. The van der Waals surface area contributed by atoms with E-state index in [4.69, 9.17) is 0 Å². The molecule has 1 aliphatic rings. The number of likely N-dealkylation sites (tertiary alicyclic amines) is 1. The first kappa shape index (κ1) is 13.1. The van der Waals surface area contributed by atoms with E-state index in [1.807, 2.05) is 44.2 Å². The lowest BCUT2D eigenvalue weighted by Crippen LogP contribution is -2.49. The van der Waals surface area contributed by atoms with Crippen LogP contribution in [-0.4, -0.2) is 35.1 Å².